The lowest BCUT2D eigenvalue weighted by Gasteiger charge is -2.49. The summed E-state index contributed by atoms with van der Waals surface area (Å²) >= 11 is 0. The number of para-hydroxylation sites is 1. The van der Waals surface area contributed by atoms with E-state index in [4.69, 9.17) is 4.74 Å². The van der Waals surface area contributed by atoms with E-state index in [1.54, 1.807) is 0 Å². The molecule has 1 aliphatic carbocycles. The molecule has 2 aromatic carbocycles. The van der Waals surface area contributed by atoms with Crippen molar-refractivity contribution in [2.45, 2.75) is 32.7 Å². The van der Waals surface area contributed by atoms with Gasteiger partial charge in [-0.1, -0.05) is 43.7 Å². The average molecular weight is 395 g/mol. The van der Waals surface area contributed by atoms with E-state index in [0.717, 1.165) is 11.3 Å². The number of carbonyl (C=O) groups excluding carboxylic acids is 2. The van der Waals surface area contributed by atoms with Crippen molar-refractivity contribution in [2.75, 3.05) is 0 Å². The zero-order valence-corrected chi connectivity index (χ0v) is 16.3. The van der Waals surface area contributed by atoms with Gasteiger partial charge in [0.05, 0.1) is 11.3 Å². The molecule has 0 bridgehead atoms. The van der Waals surface area contributed by atoms with Gasteiger partial charge in [0, 0.05) is 12.5 Å². The molecule has 1 saturated carbocycles. The molecule has 0 radical (unpaired) electrons. The first-order chi connectivity index (χ1) is 14.0. The highest BCUT2D eigenvalue weighted by atomic mass is 16.5. The van der Waals surface area contributed by atoms with Gasteiger partial charge in [-0.3, -0.25) is 9.59 Å². The number of nitrogens with one attached hydrogen (secondary N) is 1. The van der Waals surface area contributed by atoms with E-state index < -0.39 is 23.2 Å². The minimum absolute atomic E-state index is 0.204. The van der Waals surface area contributed by atoms with Crippen molar-refractivity contribution in [3.05, 3.63) is 60.2 Å². The Bertz CT molecular complexity index is 865. The van der Waals surface area contributed by atoms with E-state index in [2.05, 4.69) is 5.32 Å². The van der Waals surface area contributed by atoms with Crippen molar-refractivity contribution >= 4 is 18.2 Å². The SMILES string of the molecule is CCCC1(C(=O)NCc2ccc(Oc3ccccc3)cc2)CC(C(=O)O)C1C=O. The standard InChI is InChI=1S/C23H25NO5/c1-2-12-23(13-19(21(26)27)20(23)15-25)22(28)24-14-16-8-10-18(11-9-16)29-17-6-4-3-5-7-17/h3-11,15,19-20H,2,12-14H2,1H3,(H,24,28)(H,26,27). The summed E-state index contributed by atoms with van der Waals surface area (Å²) in [5.74, 6) is -1.39. The molecule has 6 heteroatoms. The van der Waals surface area contributed by atoms with Gasteiger partial charge in [0.2, 0.25) is 5.91 Å². The van der Waals surface area contributed by atoms with Crippen LogP contribution < -0.4 is 10.1 Å². The van der Waals surface area contributed by atoms with Crippen molar-refractivity contribution < 1.29 is 24.2 Å². The second-order valence-corrected chi connectivity index (χ2v) is 7.46. The molecular weight excluding hydrogens is 370 g/mol. The summed E-state index contributed by atoms with van der Waals surface area (Å²) in [5, 5.41) is 12.1. The fourth-order valence-corrected chi connectivity index (χ4v) is 4.08. The molecular formula is C23H25NO5. The number of carbonyl (C=O) groups is 3. The van der Waals surface area contributed by atoms with E-state index in [1.165, 1.54) is 0 Å². The Balaban J connectivity index is 1.61. The summed E-state index contributed by atoms with van der Waals surface area (Å²) in [6, 6.07) is 16.8. The van der Waals surface area contributed by atoms with E-state index in [1.807, 2.05) is 61.5 Å². The molecule has 1 amide bonds. The Morgan fingerprint density at radius 1 is 1.14 bits per heavy atom. The fourth-order valence-electron chi connectivity index (χ4n) is 4.08. The Hall–Kier alpha value is -3.15. The summed E-state index contributed by atoms with van der Waals surface area (Å²) in [6.07, 6.45) is 2.04. The smallest absolute Gasteiger partial charge is 0.307 e. The molecule has 29 heavy (non-hydrogen) atoms. The number of hydrogen-bond acceptors (Lipinski definition) is 4. The normalized spacial score (nSPS) is 22.9. The van der Waals surface area contributed by atoms with Crippen LogP contribution in [0.5, 0.6) is 11.5 Å². The molecule has 0 spiro atoms. The van der Waals surface area contributed by atoms with Gasteiger partial charge in [0.15, 0.2) is 0 Å². The summed E-state index contributed by atoms with van der Waals surface area (Å²) in [6.45, 7) is 2.23. The Morgan fingerprint density at radius 2 is 1.79 bits per heavy atom. The van der Waals surface area contributed by atoms with Crippen LogP contribution in [-0.4, -0.2) is 23.3 Å². The van der Waals surface area contributed by atoms with Gasteiger partial charge in [0.25, 0.3) is 0 Å². The van der Waals surface area contributed by atoms with Crippen LogP contribution in [0.2, 0.25) is 0 Å². The third kappa shape index (κ3) is 4.31. The second-order valence-electron chi connectivity index (χ2n) is 7.46. The molecule has 0 aromatic heterocycles. The number of amides is 1. The Morgan fingerprint density at radius 3 is 2.38 bits per heavy atom. The molecule has 0 saturated heterocycles. The quantitative estimate of drug-likeness (QED) is 0.630. The molecule has 3 atom stereocenters. The number of rotatable bonds is 9. The second kappa shape index (κ2) is 8.90. The van der Waals surface area contributed by atoms with Crippen molar-refractivity contribution in [3.63, 3.8) is 0 Å². The molecule has 2 N–H and O–H groups in total. The zero-order chi connectivity index (χ0) is 20.9. The summed E-state index contributed by atoms with van der Waals surface area (Å²) in [5.41, 5.74) is -0.0298. The van der Waals surface area contributed by atoms with Crippen molar-refractivity contribution in [3.8, 4) is 11.5 Å². The summed E-state index contributed by atoms with van der Waals surface area (Å²) < 4.78 is 5.75. The number of carboxylic acids is 1. The third-order valence-corrected chi connectivity index (χ3v) is 5.62. The molecule has 3 rings (SSSR count). The highest BCUT2D eigenvalue weighted by Gasteiger charge is 2.60. The lowest BCUT2D eigenvalue weighted by Crippen LogP contribution is -2.59. The van der Waals surface area contributed by atoms with Gasteiger partial charge >= 0.3 is 5.97 Å². The number of benzene rings is 2. The molecule has 3 unspecified atom stereocenters. The van der Waals surface area contributed by atoms with Crippen LogP contribution in [0.15, 0.2) is 54.6 Å². The van der Waals surface area contributed by atoms with Gasteiger partial charge < -0.3 is 20.0 Å². The van der Waals surface area contributed by atoms with E-state index in [0.29, 0.717) is 31.4 Å². The first kappa shape index (κ1) is 20.6. The highest BCUT2D eigenvalue weighted by molar-refractivity contribution is 5.91. The number of aldehydes is 1. The zero-order valence-electron chi connectivity index (χ0n) is 16.3. The van der Waals surface area contributed by atoms with Crippen LogP contribution in [-0.2, 0) is 20.9 Å². The molecule has 2 aromatic rings. The largest absolute Gasteiger partial charge is 0.481 e. The predicted molar refractivity (Wildman–Crippen MR) is 107 cm³/mol. The number of ether oxygens (including phenoxy) is 1. The van der Waals surface area contributed by atoms with Gasteiger partial charge in [-0.15, -0.1) is 0 Å². The maximum atomic E-state index is 12.9. The van der Waals surface area contributed by atoms with Crippen LogP contribution in [0.4, 0.5) is 0 Å². The van der Waals surface area contributed by atoms with Crippen LogP contribution in [0.25, 0.3) is 0 Å². The van der Waals surface area contributed by atoms with Crippen molar-refractivity contribution in [1.82, 2.24) is 5.32 Å². The Kier molecular flexibility index (Phi) is 6.32. The fraction of sp³-hybridized carbons (Fsp3) is 0.348. The summed E-state index contributed by atoms with van der Waals surface area (Å²) in [7, 11) is 0. The third-order valence-electron chi connectivity index (χ3n) is 5.62. The highest BCUT2D eigenvalue weighted by Crippen LogP contribution is 2.53. The first-order valence-electron chi connectivity index (χ1n) is 9.78. The number of hydrogen-bond donors (Lipinski definition) is 2. The predicted octanol–water partition coefficient (Wildman–Crippen LogP) is 3.80. The minimum atomic E-state index is -1.02. The monoisotopic (exact) mass is 395 g/mol. The lowest BCUT2D eigenvalue weighted by atomic mass is 9.52. The topological polar surface area (TPSA) is 92.7 Å². The van der Waals surface area contributed by atoms with Crippen molar-refractivity contribution in [1.29, 1.82) is 0 Å². The number of aliphatic carboxylic acids is 1. The first-order valence-corrected chi connectivity index (χ1v) is 9.78. The lowest BCUT2D eigenvalue weighted by molar-refractivity contribution is -0.170. The molecule has 6 nitrogen and oxygen atoms in total. The molecule has 1 fully saturated rings. The number of carboxylic acid groups (broad SMARTS) is 1. The van der Waals surface area contributed by atoms with Gasteiger partial charge in [0.1, 0.15) is 17.8 Å². The summed E-state index contributed by atoms with van der Waals surface area (Å²) in [4.78, 5) is 35.7. The maximum Gasteiger partial charge on any atom is 0.307 e. The van der Waals surface area contributed by atoms with E-state index >= 15 is 0 Å². The van der Waals surface area contributed by atoms with Gasteiger partial charge in [-0.25, -0.2) is 0 Å². The van der Waals surface area contributed by atoms with Gasteiger partial charge in [-0.05, 0) is 42.7 Å². The van der Waals surface area contributed by atoms with Crippen LogP contribution >= 0.6 is 0 Å². The van der Waals surface area contributed by atoms with E-state index in [9.17, 15) is 19.5 Å². The average Bonchev–Trinajstić information content (AvgIpc) is 2.71. The van der Waals surface area contributed by atoms with E-state index in [-0.39, 0.29) is 12.3 Å². The Labute approximate surface area is 169 Å². The molecule has 0 aliphatic heterocycles. The maximum absolute atomic E-state index is 12.9. The van der Waals surface area contributed by atoms with Crippen LogP contribution in [0, 0.1) is 17.3 Å². The van der Waals surface area contributed by atoms with Crippen LogP contribution in [0.3, 0.4) is 0 Å². The molecule has 0 heterocycles. The molecule has 1 aliphatic rings. The van der Waals surface area contributed by atoms with Crippen LogP contribution in [0.1, 0.15) is 31.7 Å². The minimum Gasteiger partial charge on any atom is -0.481 e. The van der Waals surface area contributed by atoms with Crippen molar-refractivity contribution in [2.24, 2.45) is 17.3 Å². The molecule has 152 valence electrons. The van der Waals surface area contributed by atoms with Gasteiger partial charge in [-0.2, -0.15) is 0 Å².